The van der Waals surface area contributed by atoms with Crippen molar-refractivity contribution in [1.82, 2.24) is 4.90 Å². The third-order valence-electron chi connectivity index (χ3n) is 4.05. The van der Waals surface area contributed by atoms with Crippen LogP contribution in [-0.4, -0.2) is 35.8 Å². The van der Waals surface area contributed by atoms with Crippen molar-refractivity contribution in [2.24, 2.45) is 17.8 Å². The van der Waals surface area contributed by atoms with Crippen LogP contribution in [0.15, 0.2) is 30.3 Å². The smallest absolute Gasteiger partial charge is 0.410 e. The molecule has 2 fully saturated rings. The highest BCUT2D eigenvalue weighted by molar-refractivity contribution is 5.68. The molecule has 1 heterocycles. The number of aliphatic hydroxyl groups excluding tert-OH is 1. The SMILES string of the molecule is O=C(OCc1ccccc1)N1C[C@@H]2C(CO)[C@H]2C1. The molecule has 1 N–H and O–H groups in total. The molecule has 0 spiro atoms. The van der Waals surface area contributed by atoms with E-state index in [2.05, 4.69) is 0 Å². The Bertz CT molecular complexity index is 422. The lowest BCUT2D eigenvalue weighted by atomic mass is 10.2. The number of ether oxygens (including phenoxy) is 1. The van der Waals surface area contributed by atoms with E-state index in [0.717, 1.165) is 18.7 Å². The van der Waals surface area contributed by atoms with Gasteiger partial charge in [-0.25, -0.2) is 4.79 Å². The minimum Gasteiger partial charge on any atom is -0.445 e. The Morgan fingerprint density at radius 1 is 1.28 bits per heavy atom. The normalized spacial score (nSPS) is 28.9. The molecule has 2 aliphatic rings. The summed E-state index contributed by atoms with van der Waals surface area (Å²) in [5, 5.41) is 9.05. The fraction of sp³-hybridized carbons (Fsp3) is 0.500. The molecular formula is C14H17NO3. The van der Waals surface area contributed by atoms with E-state index >= 15 is 0 Å². The average Bonchev–Trinajstić information content (AvgIpc) is 2.88. The molecule has 3 rings (SSSR count). The van der Waals surface area contributed by atoms with E-state index in [4.69, 9.17) is 9.84 Å². The first-order chi connectivity index (χ1) is 8.79. The molecule has 96 valence electrons. The number of nitrogens with zero attached hydrogens (tertiary/aromatic N) is 1. The highest BCUT2D eigenvalue weighted by Gasteiger charge is 2.56. The molecule has 0 bridgehead atoms. The maximum atomic E-state index is 11.8. The molecule has 2 atom stereocenters. The van der Waals surface area contributed by atoms with Crippen LogP contribution in [0.25, 0.3) is 0 Å². The van der Waals surface area contributed by atoms with Gasteiger partial charge in [-0.3, -0.25) is 0 Å². The molecule has 0 aromatic heterocycles. The third kappa shape index (κ3) is 2.08. The zero-order chi connectivity index (χ0) is 12.5. The van der Waals surface area contributed by atoms with Crippen molar-refractivity contribution < 1.29 is 14.6 Å². The average molecular weight is 247 g/mol. The van der Waals surface area contributed by atoms with E-state index in [1.54, 1.807) is 4.90 Å². The molecule has 1 saturated heterocycles. The zero-order valence-electron chi connectivity index (χ0n) is 10.2. The minimum atomic E-state index is -0.234. The summed E-state index contributed by atoms with van der Waals surface area (Å²) in [6.45, 7) is 2.06. The standard InChI is InChI=1S/C14H17NO3/c16-8-13-11-6-15(7-12(11)13)14(17)18-9-10-4-2-1-3-5-10/h1-5,11-13,16H,6-9H2/t11-,12-/m0/s1. The molecule has 1 amide bonds. The second-order valence-electron chi connectivity index (χ2n) is 5.12. The lowest BCUT2D eigenvalue weighted by molar-refractivity contribution is 0.0967. The summed E-state index contributed by atoms with van der Waals surface area (Å²) in [4.78, 5) is 13.6. The fourth-order valence-electron chi connectivity index (χ4n) is 2.88. The highest BCUT2D eigenvalue weighted by Crippen LogP contribution is 2.51. The summed E-state index contributed by atoms with van der Waals surface area (Å²) in [5.74, 6) is 1.42. The van der Waals surface area contributed by atoms with Gasteiger partial charge in [0, 0.05) is 19.7 Å². The molecule has 1 aromatic rings. The quantitative estimate of drug-likeness (QED) is 0.880. The molecule has 0 radical (unpaired) electrons. The van der Waals surface area contributed by atoms with Gasteiger partial charge in [0.1, 0.15) is 6.61 Å². The largest absolute Gasteiger partial charge is 0.445 e. The van der Waals surface area contributed by atoms with Crippen molar-refractivity contribution in [1.29, 1.82) is 0 Å². The molecule has 0 unspecified atom stereocenters. The van der Waals surface area contributed by atoms with Crippen molar-refractivity contribution in [3.05, 3.63) is 35.9 Å². The van der Waals surface area contributed by atoms with Gasteiger partial charge in [-0.15, -0.1) is 0 Å². The lowest BCUT2D eigenvalue weighted by Crippen LogP contribution is -2.32. The van der Waals surface area contributed by atoms with Crippen LogP contribution in [0, 0.1) is 17.8 Å². The van der Waals surface area contributed by atoms with Gasteiger partial charge in [-0.1, -0.05) is 30.3 Å². The van der Waals surface area contributed by atoms with Crippen LogP contribution < -0.4 is 0 Å². The number of hydrogen-bond acceptors (Lipinski definition) is 3. The molecule has 1 aliphatic heterocycles. The van der Waals surface area contributed by atoms with Crippen LogP contribution in [-0.2, 0) is 11.3 Å². The number of rotatable bonds is 3. The van der Waals surface area contributed by atoms with Crippen LogP contribution in [0.3, 0.4) is 0 Å². The second kappa shape index (κ2) is 4.61. The van der Waals surface area contributed by atoms with Crippen molar-refractivity contribution in [2.45, 2.75) is 6.61 Å². The number of likely N-dealkylation sites (tertiary alicyclic amines) is 1. The predicted molar refractivity (Wildman–Crippen MR) is 65.8 cm³/mol. The van der Waals surface area contributed by atoms with Gasteiger partial charge in [0.2, 0.25) is 0 Å². The number of benzene rings is 1. The molecule has 1 saturated carbocycles. The molecule has 1 aliphatic carbocycles. The van der Waals surface area contributed by atoms with E-state index in [-0.39, 0.29) is 12.7 Å². The first-order valence-corrected chi connectivity index (χ1v) is 6.36. The van der Waals surface area contributed by atoms with Gasteiger partial charge in [0.25, 0.3) is 0 Å². The number of carbonyl (C=O) groups excluding carboxylic acids is 1. The number of hydrogen-bond donors (Lipinski definition) is 1. The predicted octanol–water partition coefficient (Wildman–Crippen LogP) is 1.49. The minimum absolute atomic E-state index is 0.234. The van der Waals surface area contributed by atoms with Crippen LogP contribution in [0.5, 0.6) is 0 Å². The van der Waals surface area contributed by atoms with Gasteiger partial charge in [-0.05, 0) is 23.3 Å². The molecule has 4 nitrogen and oxygen atoms in total. The second-order valence-corrected chi connectivity index (χ2v) is 5.12. The Hall–Kier alpha value is -1.55. The van der Waals surface area contributed by atoms with Crippen molar-refractivity contribution in [3.63, 3.8) is 0 Å². The van der Waals surface area contributed by atoms with Crippen LogP contribution in [0.2, 0.25) is 0 Å². The van der Waals surface area contributed by atoms with E-state index in [1.165, 1.54) is 0 Å². The Morgan fingerprint density at radius 2 is 1.94 bits per heavy atom. The van der Waals surface area contributed by atoms with Crippen LogP contribution in [0.1, 0.15) is 5.56 Å². The summed E-state index contributed by atoms with van der Waals surface area (Å²) >= 11 is 0. The monoisotopic (exact) mass is 247 g/mol. The Morgan fingerprint density at radius 3 is 2.56 bits per heavy atom. The molecule has 4 heteroatoms. The van der Waals surface area contributed by atoms with E-state index < -0.39 is 0 Å². The van der Waals surface area contributed by atoms with Crippen LogP contribution >= 0.6 is 0 Å². The van der Waals surface area contributed by atoms with E-state index in [0.29, 0.717) is 24.4 Å². The molecule has 18 heavy (non-hydrogen) atoms. The fourth-order valence-corrected chi connectivity index (χ4v) is 2.88. The summed E-state index contributed by atoms with van der Waals surface area (Å²) < 4.78 is 5.27. The number of piperidine rings is 1. The van der Waals surface area contributed by atoms with Gasteiger partial charge < -0.3 is 14.7 Å². The van der Waals surface area contributed by atoms with Gasteiger partial charge in [0.15, 0.2) is 0 Å². The summed E-state index contributed by atoms with van der Waals surface area (Å²) in [7, 11) is 0. The zero-order valence-corrected chi connectivity index (χ0v) is 10.2. The Kier molecular flexibility index (Phi) is 2.96. The summed E-state index contributed by atoms with van der Waals surface area (Å²) in [5.41, 5.74) is 1.00. The first kappa shape index (κ1) is 11.5. The molecular weight excluding hydrogens is 230 g/mol. The third-order valence-corrected chi connectivity index (χ3v) is 4.05. The number of fused-ring (bicyclic) bond motifs is 1. The number of amides is 1. The van der Waals surface area contributed by atoms with E-state index in [9.17, 15) is 4.79 Å². The highest BCUT2D eigenvalue weighted by atomic mass is 16.6. The lowest BCUT2D eigenvalue weighted by Gasteiger charge is -2.19. The maximum Gasteiger partial charge on any atom is 0.410 e. The van der Waals surface area contributed by atoms with Gasteiger partial charge in [0.05, 0.1) is 0 Å². The summed E-state index contributed by atoms with van der Waals surface area (Å²) in [6, 6.07) is 9.68. The Labute approximate surface area is 106 Å². The van der Waals surface area contributed by atoms with Crippen molar-refractivity contribution >= 4 is 6.09 Å². The summed E-state index contributed by atoms with van der Waals surface area (Å²) in [6.07, 6.45) is -0.234. The topological polar surface area (TPSA) is 49.8 Å². The first-order valence-electron chi connectivity index (χ1n) is 6.36. The van der Waals surface area contributed by atoms with Crippen molar-refractivity contribution in [2.75, 3.05) is 19.7 Å². The number of aliphatic hydroxyl groups is 1. The van der Waals surface area contributed by atoms with Gasteiger partial charge in [-0.2, -0.15) is 0 Å². The number of carbonyl (C=O) groups is 1. The van der Waals surface area contributed by atoms with Gasteiger partial charge >= 0.3 is 6.09 Å². The van der Waals surface area contributed by atoms with Crippen molar-refractivity contribution in [3.8, 4) is 0 Å². The maximum absolute atomic E-state index is 11.8. The Balaban J connectivity index is 1.46. The van der Waals surface area contributed by atoms with Crippen LogP contribution in [0.4, 0.5) is 4.79 Å². The molecule has 1 aromatic carbocycles. The van der Waals surface area contributed by atoms with E-state index in [1.807, 2.05) is 30.3 Å².